The van der Waals surface area contributed by atoms with Crippen molar-refractivity contribution >= 4 is 5.91 Å². The van der Waals surface area contributed by atoms with Crippen LogP contribution in [0.2, 0.25) is 0 Å². The lowest BCUT2D eigenvalue weighted by molar-refractivity contribution is -0.122. The zero-order valence-corrected chi connectivity index (χ0v) is 14.9. The van der Waals surface area contributed by atoms with Crippen molar-refractivity contribution in [2.45, 2.75) is 38.0 Å². The van der Waals surface area contributed by atoms with E-state index in [-0.39, 0.29) is 5.91 Å². The van der Waals surface area contributed by atoms with Gasteiger partial charge in [0.25, 0.3) is 0 Å². The van der Waals surface area contributed by atoms with Crippen molar-refractivity contribution in [3.8, 4) is 0 Å². The van der Waals surface area contributed by atoms with E-state index in [0.29, 0.717) is 24.9 Å². The normalized spacial score (nSPS) is 17.3. The summed E-state index contributed by atoms with van der Waals surface area (Å²) < 4.78 is 0. The number of amides is 1. The number of aromatic nitrogens is 2. The molecule has 1 fully saturated rings. The molecular weight excluding hydrogens is 312 g/mol. The van der Waals surface area contributed by atoms with Crippen molar-refractivity contribution < 1.29 is 4.79 Å². The van der Waals surface area contributed by atoms with Gasteiger partial charge < -0.3 is 5.32 Å². The van der Waals surface area contributed by atoms with Crippen LogP contribution in [0.3, 0.4) is 0 Å². The highest BCUT2D eigenvalue weighted by Gasteiger charge is 2.22. The lowest BCUT2D eigenvalue weighted by Crippen LogP contribution is -2.42. The average molecular weight is 340 g/mol. The summed E-state index contributed by atoms with van der Waals surface area (Å²) in [4.78, 5) is 14.6. The van der Waals surface area contributed by atoms with Crippen LogP contribution in [0, 0.1) is 0 Å². The topological polar surface area (TPSA) is 61.0 Å². The minimum atomic E-state index is 0.135. The highest BCUT2D eigenvalue weighted by atomic mass is 16.2. The first-order valence-electron chi connectivity index (χ1n) is 9.29. The van der Waals surface area contributed by atoms with Gasteiger partial charge in [0, 0.05) is 18.7 Å². The van der Waals surface area contributed by atoms with Gasteiger partial charge >= 0.3 is 0 Å². The number of H-pyrrole nitrogens is 1. The van der Waals surface area contributed by atoms with Gasteiger partial charge in [0.05, 0.1) is 12.7 Å². The van der Waals surface area contributed by atoms with Gasteiger partial charge in [0.1, 0.15) is 0 Å². The van der Waals surface area contributed by atoms with E-state index in [1.54, 1.807) is 0 Å². The fraction of sp³-hybridized carbons (Fsp3) is 0.500. The van der Waals surface area contributed by atoms with Gasteiger partial charge in [-0.05, 0) is 49.4 Å². The highest BCUT2D eigenvalue weighted by Crippen LogP contribution is 2.26. The number of hydrogen-bond acceptors (Lipinski definition) is 3. The van der Waals surface area contributed by atoms with Gasteiger partial charge in [0.15, 0.2) is 0 Å². The number of benzene rings is 1. The third-order valence-electron chi connectivity index (χ3n) is 5.25. The van der Waals surface area contributed by atoms with E-state index in [9.17, 15) is 4.79 Å². The summed E-state index contributed by atoms with van der Waals surface area (Å²) in [7, 11) is 0. The molecule has 5 nitrogen and oxygen atoms in total. The van der Waals surface area contributed by atoms with Gasteiger partial charge in [-0.3, -0.25) is 14.8 Å². The maximum absolute atomic E-state index is 12.3. The Labute approximate surface area is 149 Å². The van der Waals surface area contributed by atoms with E-state index in [0.717, 1.165) is 32.4 Å². The number of piperidine rings is 1. The molecule has 3 rings (SSSR count). The third-order valence-corrected chi connectivity index (χ3v) is 5.25. The number of aromatic amines is 1. The number of nitrogens with zero attached hydrogens (tertiary/aromatic N) is 2. The molecule has 0 radical (unpaired) electrons. The molecule has 1 unspecified atom stereocenters. The summed E-state index contributed by atoms with van der Waals surface area (Å²) >= 11 is 0. The number of carbonyl (C=O) groups is 1. The molecule has 2 aromatic rings. The number of rotatable bonds is 7. The maximum atomic E-state index is 12.3. The molecule has 5 heteroatoms. The predicted octanol–water partition coefficient (Wildman–Crippen LogP) is 2.90. The quantitative estimate of drug-likeness (QED) is 0.815. The summed E-state index contributed by atoms with van der Waals surface area (Å²) in [6, 6.07) is 10.4. The fourth-order valence-electron chi connectivity index (χ4n) is 3.63. The number of carbonyl (C=O) groups excluding carboxylic acids is 1. The van der Waals surface area contributed by atoms with Gasteiger partial charge in [0.2, 0.25) is 5.91 Å². The summed E-state index contributed by atoms with van der Waals surface area (Å²) in [5.74, 6) is 1.09. The second-order valence-corrected chi connectivity index (χ2v) is 6.90. The molecule has 1 amide bonds. The molecule has 1 aliphatic heterocycles. The molecule has 25 heavy (non-hydrogen) atoms. The van der Waals surface area contributed by atoms with Gasteiger partial charge in [-0.25, -0.2) is 0 Å². The molecule has 1 aliphatic rings. The Morgan fingerprint density at radius 2 is 2.08 bits per heavy atom. The molecule has 2 heterocycles. The standard InChI is InChI=1S/C20H28N4O/c1-2-16(17-6-4-3-5-7-17)12-21-20(25)15-24-10-8-18(9-11-24)19-13-22-23-14-19/h3-7,13-14,16,18H,2,8-12,15H2,1H3,(H,21,25)(H,22,23). The minimum Gasteiger partial charge on any atom is -0.354 e. The average Bonchev–Trinajstić information content (AvgIpc) is 3.18. The van der Waals surface area contributed by atoms with Crippen LogP contribution < -0.4 is 5.32 Å². The smallest absolute Gasteiger partial charge is 0.234 e. The van der Waals surface area contributed by atoms with Gasteiger partial charge in [-0.15, -0.1) is 0 Å². The van der Waals surface area contributed by atoms with Crippen LogP contribution in [0.1, 0.15) is 49.1 Å². The van der Waals surface area contributed by atoms with Gasteiger partial charge in [-0.1, -0.05) is 37.3 Å². The van der Waals surface area contributed by atoms with Crippen LogP contribution in [-0.2, 0) is 4.79 Å². The van der Waals surface area contributed by atoms with E-state index in [4.69, 9.17) is 0 Å². The second-order valence-electron chi connectivity index (χ2n) is 6.90. The summed E-state index contributed by atoms with van der Waals surface area (Å²) in [5.41, 5.74) is 2.59. The molecule has 1 aromatic carbocycles. The van der Waals surface area contributed by atoms with Crippen LogP contribution in [-0.4, -0.2) is 47.2 Å². The molecular formula is C20H28N4O. The van der Waals surface area contributed by atoms with E-state index in [2.05, 4.69) is 51.6 Å². The van der Waals surface area contributed by atoms with E-state index in [1.807, 2.05) is 18.5 Å². The van der Waals surface area contributed by atoms with Crippen molar-refractivity contribution in [3.05, 3.63) is 53.9 Å². The predicted molar refractivity (Wildman–Crippen MR) is 99.5 cm³/mol. The first kappa shape index (κ1) is 17.7. The summed E-state index contributed by atoms with van der Waals surface area (Å²) in [6.45, 7) is 5.33. The molecule has 134 valence electrons. The molecule has 0 saturated carbocycles. The van der Waals surface area contributed by atoms with Crippen molar-refractivity contribution in [1.29, 1.82) is 0 Å². The number of likely N-dealkylation sites (tertiary alicyclic amines) is 1. The van der Waals surface area contributed by atoms with Gasteiger partial charge in [-0.2, -0.15) is 5.10 Å². The van der Waals surface area contributed by atoms with E-state index >= 15 is 0 Å². The Balaban J connectivity index is 1.41. The third kappa shape index (κ3) is 4.92. The maximum Gasteiger partial charge on any atom is 0.234 e. The largest absolute Gasteiger partial charge is 0.354 e. The Bertz CT molecular complexity index is 633. The molecule has 2 N–H and O–H groups in total. The van der Waals surface area contributed by atoms with E-state index < -0.39 is 0 Å². The summed E-state index contributed by atoms with van der Waals surface area (Å²) in [6.07, 6.45) is 7.12. The minimum absolute atomic E-state index is 0.135. The second kappa shape index (κ2) is 8.81. The Morgan fingerprint density at radius 3 is 2.72 bits per heavy atom. The fourth-order valence-corrected chi connectivity index (χ4v) is 3.63. The highest BCUT2D eigenvalue weighted by molar-refractivity contribution is 5.78. The van der Waals surface area contributed by atoms with Crippen LogP contribution in [0.5, 0.6) is 0 Å². The van der Waals surface area contributed by atoms with Crippen LogP contribution in [0.4, 0.5) is 0 Å². The van der Waals surface area contributed by atoms with Crippen molar-refractivity contribution in [2.24, 2.45) is 0 Å². The zero-order valence-electron chi connectivity index (χ0n) is 14.9. The lowest BCUT2D eigenvalue weighted by atomic mass is 9.91. The van der Waals surface area contributed by atoms with Crippen molar-refractivity contribution in [2.75, 3.05) is 26.2 Å². The van der Waals surface area contributed by atoms with Crippen LogP contribution in [0.15, 0.2) is 42.7 Å². The Hall–Kier alpha value is -2.14. The van der Waals surface area contributed by atoms with Crippen LogP contribution >= 0.6 is 0 Å². The molecule has 0 bridgehead atoms. The Kier molecular flexibility index (Phi) is 6.23. The summed E-state index contributed by atoms with van der Waals surface area (Å²) in [5, 5.41) is 10.0. The molecule has 1 saturated heterocycles. The van der Waals surface area contributed by atoms with Crippen molar-refractivity contribution in [1.82, 2.24) is 20.4 Å². The van der Waals surface area contributed by atoms with Crippen molar-refractivity contribution in [3.63, 3.8) is 0 Å². The SMILES string of the molecule is CCC(CNC(=O)CN1CCC(c2cn[nH]c2)CC1)c1ccccc1. The monoisotopic (exact) mass is 340 g/mol. The molecule has 0 aliphatic carbocycles. The number of nitrogens with one attached hydrogen (secondary N) is 2. The zero-order chi connectivity index (χ0) is 17.5. The van der Waals surface area contributed by atoms with Crippen LogP contribution in [0.25, 0.3) is 0 Å². The molecule has 1 atom stereocenters. The first-order valence-corrected chi connectivity index (χ1v) is 9.29. The lowest BCUT2D eigenvalue weighted by Gasteiger charge is -2.31. The first-order chi connectivity index (χ1) is 12.3. The molecule has 0 spiro atoms. The Morgan fingerprint density at radius 1 is 1.32 bits per heavy atom. The van der Waals surface area contributed by atoms with E-state index in [1.165, 1.54) is 11.1 Å². The number of hydrogen-bond donors (Lipinski definition) is 2. The molecule has 1 aromatic heterocycles.